The molecule has 1 heterocycles. The Bertz CT molecular complexity index is 456. The monoisotopic (exact) mass is 276 g/mol. The van der Waals surface area contributed by atoms with Crippen LogP contribution in [-0.4, -0.2) is 42.6 Å². The van der Waals surface area contributed by atoms with E-state index in [0.717, 1.165) is 31.8 Å². The van der Waals surface area contributed by atoms with Gasteiger partial charge in [0.15, 0.2) is 0 Å². The SMILES string of the molecule is CCCN(C(=O)c1cccc(OC(C)C)c1)C1CNC1. The van der Waals surface area contributed by atoms with Crippen LogP contribution in [0, 0.1) is 0 Å². The fraction of sp³-hybridized carbons (Fsp3) is 0.562. The summed E-state index contributed by atoms with van der Waals surface area (Å²) >= 11 is 0. The lowest BCUT2D eigenvalue weighted by atomic mass is 10.1. The molecule has 0 aliphatic carbocycles. The van der Waals surface area contributed by atoms with Crippen LogP contribution in [0.4, 0.5) is 0 Å². The van der Waals surface area contributed by atoms with Crippen LogP contribution in [0.3, 0.4) is 0 Å². The van der Waals surface area contributed by atoms with Crippen molar-refractivity contribution in [3.8, 4) is 5.75 Å². The maximum atomic E-state index is 12.6. The van der Waals surface area contributed by atoms with Gasteiger partial charge in [0.1, 0.15) is 5.75 Å². The number of hydrogen-bond donors (Lipinski definition) is 1. The molecular weight excluding hydrogens is 252 g/mol. The molecule has 1 fully saturated rings. The Balaban J connectivity index is 2.13. The van der Waals surface area contributed by atoms with Crippen LogP contribution in [0.5, 0.6) is 5.75 Å². The van der Waals surface area contributed by atoms with Gasteiger partial charge < -0.3 is 15.0 Å². The summed E-state index contributed by atoms with van der Waals surface area (Å²) in [4.78, 5) is 14.6. The number of amides is 1. The normalized spacial score (nSPS) is 15.0. The van der Waals surface area contributed by atoms with Crippen LogP contribution in [0.25, 0.3) is 0 Å². The summed E-state index contributed by atoms with van der Waals surface area (Å²) in [5, 5.41) is 3.23. The number of nitrogens with zero attached hydrogens (tertiary/aromatic N) is 1. The van der Waals surface area contributed by atoms with E-state index in [1.54, 1.807) is 0 Å². The molecule has 4 heteroatoms. The third kappa shape index (κ3) is 3.51. The molecule has 0 atom stereocenters. The lowest BCUT2D eigenvalue weighted by Gasteiger charge is -2.38. The molecule has 4 nitrogen and oxygen atoms in total. The molecule has 1 N–H and O–H groups in total. The fourth-order valence-corrected chi connectivity index (χ4v) is 2.33. The Morgan fingerprint density at radius 1 is 1.45 bits per heavy atom. The maximum Gasteiger partial charge on any atom is 0.254 e. The standard InChI is InChI=1S/C16H24N2O2/c1-4-8-18(14-10-17-11-14)16(19)13-6-5-7-15(9-13)20-12(2)3/h5-7,9,12,14,17H,4,8,10-11H2,1-3H3. The molecule has 110 valence electrons. The van der Waals surface area contributed by atoms with E-state index in [9.17, 15) is 4.79 Å². The fourth-order valence-electron chi connectivity index (χ4n) is 2.33. The van der Waals surface area contributed by atoms with E-state index in [4.69, 9.17) is 4.74 Å². The van der Waals surface area contributed by atoms with Gasteiger partial charge in [0, 0.05) is 25.2 Å². The lowest BCUT2D eigenvalue weighted by Crippen LogP contribution is -2.59. The van der Waals surface area contributed by atoms with Gasteiger partial charge in [-0.1, -0.05) is 13.0 Å². The number of carbonyl (C=O) groups is 1. The van der Waals surface area contributed by atoms with Crippen molar-refractivity contribution in [2.24, 2.45) is 0 Å². The van der Waals surface area contributed by atoms with Crippen molar-refractivity contribution in [2.75, 3.05) is 19.6 Å². The number of carbonyl (C=O) groups excluding carboxylic acids is 1. The quantitative estimate of drug-likeness (QED) is 0.867. The van der Waals surface area contributed by atoms with Crippen molar-refractivity contribution in [3.05, 3.63) is 29.8 Å². The second kappa shape index (κ2) is 6.75. The van der Waals surface area contributed by atoms with Crippen molar-refractivity contribution in [2.45, 2.75) is 39.3 Å². The summed E-state index contributed by atoms with van der Waals surface area (Å²) in [7, 11) is 0. The first kappa shape index (κ1) is 14.9. The minimum Gasteiger partial charge on any atom is -0.491 e. The van der Waals surface area contributed by atoms with Crippen molar-refractivity contribution < 1.29 is 9.53 Å². The summed E-state index contributed by atoms with van der Waals surface area (Å²) in [6.45, 7) is 8.67. The van der Waals surface area contributed by atoms with Crippen LogP contribution in [0.1, 0.15) is 37.6 Å². The highest BCUT2D eigenvalue weighted by Gasteiger charge is 2.28. The zero-order valence-electron chi connectivity index (χ0n) is 12.6. The summed E-state index contributed by atoms with van der Waals surface area (Å²) in [6, 6.07) is 7.82. The third-order valence-electron chi connectivity index (χ3n) is 3.38. The minimum atomic E-state index is 0.104. The molecule has 0 saturated carbocycles. The summed E-state index contributed by atoms with van der Waals surface area (Å²) < 4.78 is 5.66. The molecule has 1 aromatic rings. The van der Waals surface area contributed by atoms with Crippen LogP contribution in [0.2, 0.25) is 0 Å². The molecule has 2 rings (SSSR count). The molecule has 20 heavy (non-hydrogen) atoms. The predicted octanol–water partition coefficient (Wildman–Crippen LogP) is 2.30. The molecule has 0 radical (unpaired) electrons. The van der Waals surface area contributed by atoms with Crippen molar-refractivity contribution in [1.82, 2.24) is 10.2 Å². The molecule has 1 aromatic carbocycles. The second-order valence-electron chi connectivity index (χ2n) is 5.51. The molecule has 0 bridgehead atoms. The zero-order chi connectivity index (χ0) is 14.5. The first-order valence-electron chi connectivity index (χ1n) is 7.40. The number of benzene rings is 1. The average molecular weight is 276 g/mol. The van der Waals surface area contributed by atoms with Gasteiger partial charge in [-0.05, 0) is 38.5 Å². The number of rotatable bonds is 6. The van der Waals surface area contributed by atoms with E-state index >= 15 is 0 Å². The molecule has 1 amide bonds. The number of ether oxygens (including phenoxy) is 1. The molecule has 1 aliphatic rings. The van der Waals surface area contributed by atoms with Gasteiger partial charge in [-0.2, -0.15) is 0 Å². The third-order valence-corrected chi connectivity index (χ3v) is 3.38. The van der Waals surface area contributed by atoms with Gasteiger partial charge in [0.2, 0.25) is 0 Å². The van der Waals surface area contributed by atoms with Gasteiger partial charge in [-0.3, -0.25) is 4.79 Å². The van der Waals surface area contributed by atoms with Crippen LogP contribution in [0.15, 0.2) is 24.3 Å². The molecule has 1 saturated heterocycles. The van der Waals surface area contributed by atoms with Gasteiger partial charge >= 0.3 is 0 Å². The highest BCUT2D eigenvalue weighted by Crippen LogP contribution is 2.18. The van der Waals surface area contributed by atoms with Gasteiger partial charge in [0.05, 0.1) is 12.1 Å². The molecule has 0 unspecified atom stereocenters. The Kier molecular flexibility index (Phi) is 5.01. The van der Waals surface area contributed by atoms with E-state index in [0.29, 0.717) is 11.6 Å². The first-order valence-corrected chi connectivity index (χ1v) is 7.40. The van der Waals surface area contributed by atoms with Gasteiger partial charge in [0.25, 0.3) is 5.91 Å². The summed E-state index contributed by atoms with van der Waals surface area (Å²) in [5.74, 6) is 0.863. The average Bonchev–Trinajstić information content (AvgIpc) is 2.35. The van der Waals surface area contributed by atoms with Gasteiger partial charge in [-0.25, -0.2) is 0 Å². The van der Waals surface area contributed by atoms with Crippen molar-refractivity contribution >= 4 is 5.91 Å². The Hall–Kier alpha value is -1.55. The number of hydrogen-bond acceptors (Lipinski definition) is 3. The molecular formula is C16H24N2O2. The topological polar surface area (TPSA) is 41.6 Å². The summed E-state index contributed by atoms with van der Waals surface area (Å²) in [5.41, 5.74) is 0.712. The lowest BCUT2D eigenvalue weighted by molar-refractivity contribution is 0.0615. The Morgan fingerprint density at radius 3 is 2.75 bits per heavy atom. The van der Waals surface area contributed by atoms with Crippen molar-refractivity contribution in [1.29, 1.82) is 0 Å². The van der Waals surface area contributed by atoms with E-state index in [2.05, 4.69) is 12.2 Å². The summed E-state index contributed by atoms with van der Waals surface area (Å²) in [6.07, 6.45) is 1.09. The molecule has 0 spiro atoms. The largest absolute Gasteiger partial charge is 0.491 e. The second-order valence-corrected chi connectivity index (χ2v) is 5.51. The first-order chi connectivity index (χ1) is 9.61. The van der Waals surface area contributed by atoms with E-state index in [1.165, 1.54) is 0 Å². The molecule has 1 aliphatic heterocycles. The zero-order valence-corrected chi connectivity index (χ0v) is 12.6. The highest BCUT2D eigenvalue weighted by molar-refractivity contribution is 5.95. The van der Waals surface area contributed by atoms with E-state index in [1.807, 2.05) is 43.0 Å². The van der Waals surface area contributed by atoms with Crippen molar-refractivity contribution in [3.63, 3.8) is 0 Å². The van der Waals surface area contributed by atoms with Crippen LogP contribution >= 0.6 is 0 Å². The van der Waals surface area contributed by atoms with Crippen LogP contribution in [-0.2, 0) is 0 Å². The van der Waals surface area contributed by atoms with Gasteiger partial charge in [-0.15, -0.1) is 0 Å². The highest BCUT2D eigenvalue weighted by atomic mass is 16.5. The maximum absolute atomic E-state index is 12.6. The van der Waals surface area contributed by atoms with E-state index in [-0.39, 0.29) is 12.0 Å². The smallest absolute Gasteiger partial charge is 0.254 e. The van der Waals surface area contributed by atoms with Crippen LogP contribution < -0.4 is 10.1 Å². The number of nitrogens with one attached hydrogen (secondary N) is 1. The minimum absolute atomic E-state index is 0.104. The Labute approximate surface area is 121 Å². The molecule has 0 aromatic heterocycles. The van der Waals surface area contributed by atoms with E-state index < -0.39 is 0 Å². The Morgan fingerprint density at radius 2 is 2.20 bits per heavy atom. The predicted molar refractivity (Wildman–Crippen MR) is 80.2 cm³/mol.